The van der Waals surface area contributed by atoms with E-state index >= 15 is 0 Å². The summed E-state index contributed by atoms with van der Waals surface area (Å²) in [6.07, 6.45) is 0.792. The molecule has 7 nitrogen and oxygen atoms in total. The molecule has 2 aromatic carbocycles. The number of amidine groups is 1. The van der Waals surface area contributed by atoms with Gasteiger partial charge in [-0.25, -0.2) is 15.3 Å². The number of carbonyl (C=O) groups is 1. The molecule has 0 bridgehead atoms. The van der Waals surface area contributed by atoms with Crippen LogP contribution >= 0.6 is 11.6 Å². The lowest BCUT2D eigenvalue weighted by Crippen LogP contribution is -2.21. The highest BCUT2D eigenvalue weighted by Crippen LogP contribution is 2.33. The number of aliphatic imine (C=N–C) groups is 1. The molecule has 0 spiro atoms. The second-order valence-electron chi connectivity index (χ2n) is 8.47. The second kappa shape index (κ2) is 10.5. The van der Waals surface area contributed by atoms with Gasteiger partial charge in [0.1, 0.15) is 5.75 Å². The zero-order valence-electron chi connectivity index (χ0n) is 19.3. The summed E-state index contributed by atoms with van der Waals surface area (Å²) in [6.45, 7) is 8.70. The van der Waals surface area contributed by atoms with Crippen LogP contribution in [-0.4, -0.2) is 36.0 Å². The van der Waals surface area contributed by atoms with Gasteiger partial charge in [-0.2, -0.15) is 0 Å². The van der Waals surface area contributed by atoms with Crippen molar-refractivity contribution in [2.45, 2.75) is 59.0 Å². The predicted octanol–water partition coefficient (Wildman–Crippen LogP) is 4.77. The highest BCUT2D eigenvalue weighted by Gasteiger charge is 2.27. The largest absolute Gasteiger partial charge is 0.489 e. The fourth-order valence-corrected chi connectivity index (χ4v) is 4.35. The maximum atomic E-state index is 11.6. The van der Waals surface area contributed by atoms with Crippen molar-refractivity contribution in [1.82, 2.24) is 10.4 Å². The van der Waals surface area contributed by atoms with Crippen molar-refractivity contribution in [2.24, 2.45) is 4.99 Å². The van der Waals surface area contributed by atoms with E-state index in [0.29, 0.717) is 29.6 Å². The molecule has 1 atom stereocenters. The lowest BCUT2D eigenvalue weighted by Gasteiger charge is -2.14. The SMILES string of the molecule is CCOC(=O)CCCN1Cc2cccc(C3=NC(c4ccc(OC(C)C)c(Cl)c4)ON3)c2C1. The van der Waals surface area contributed by atoms with Crippen LogP contribution in [0.1, 0.15) is 62.1 Å². The summed E-state index contributed by atoms with van der Waals surface area (Å²) in [5.74, 6) is 1.23. The van der Waals surface area contributed by atoms with Crippen LogP contribution in [0.2, 0.25) is 5.02 Å². The normalized spacial score (nSPS) is 17.6. The van der Waals surface area contributed by atoms with Gasteiger partial charge >= 0.3 is 5.97 Å². The molecule has 1 N–H and O–H groups in total. The number of nitrogens with zero attached hydrogens (tertiary/aromatic N) is 2. The third-order valence-electron chi connectivity index (χ3n) is 5.58. The first kappa shape index (κ1) is 23.5. The smallest absolute Gasteiger partial charge is 0.305 e. The number of fused-ring (bicyclic) bond motifs is 1. The van der Waals surface area contributed by atoms with E-state index in [1.165, 1.54) is 11.1 Å². The number of nitrogens with one attached hydrogen (secondary N) is 1. The molecule has 4 rings (SSSR count). The Balaban J connectivity index is 1.43. The van der Waals surface area contributed by atoms with Crippen molar-refractivity contribution < 1.29 is 19.1 Å². The fourth-order valence-electron chi connectivity index (χ4n) is 4.12. The lowest BCUT2D eigenvalue weighted by molar-refractivity contribution is -0.143. The number of benzene rings is 2. The highest BCUT2D eigenvalue weighted by atomic mass is 35.5. The van der Waals surface area contributed by atoms with Gasteiger partial charge in [-0.15, -0.1) is 0 Å². The van der Waals surface area contributed by atoms with Crippen molar-refractivity contribution >= 4 is 23.4 Å². The molecule has 2 heterocycles. The minimum absolute atomic E-state index is 0.0484. The van der Waals surface area contributed by atoms with E-state index in [9.17, 15) is 4.79 Å². The molecule has 0 aromatic heterocycles. The number of esters is 1. The van der Waals surface area contributed by atoms with Crippen LogP contribution in [0.25, 0.3) is 0 Å². The Hall–Kier alpha value is -2.61. The summed E-state index contributed by atoms with van der Waals surface area (Å²) in [6, 6.07) is 11.9. The standard InChI is InChI=1S/C25H30ClN3O4/c1-4-31-23(30)9-6-12-29-14-18-7-5-8-19(20(18)15-29)24-27-25(33-28-24)17-10-11-22(21(26)13-17)32-16(2)3/h5,7-8,10-11,13,16,25H,4,6,9,12,14-15H2,1-3H3,(H,27,28). The number of rotatable bonds is 9. The summed E-state index contributed by atoms with van der Waals surface area (Å²) in [7, 11) is 0. The minimum Gasteiger partial charge on any atom is -0.489 e. The van der Waals surface area contributed by atoms with E-state index in [1.807, 2.05) is 45.0 Å². The van der Waals surface area contributed by atoms with Crippen molar-refractivity contribution in [1.29, 1.82) is 0 Å². The highest BCUT2D eigenvalue weighted by molar-refractivity contribution is 6.32. The van der Waals surface area contributed by atoms with Crippen molar-refractivity contribution in [3.05, 3.63) is 63.7 Å². The van der Waals surface area contributed by atoms with Crippen LogP contribution in [0, 0.1) is 0 Å². The average molecular weight is 472 g/mol. The first-order valence-corrected chi connectivity index (χ1v) is 11.8. The summed E-state index contributed by atoms with van der Waals surface area (Å²) < 4.78 is 10.7. The topological polar surface area (TPSA) is 72.4 Å². The molecule has 33 heavy (non-hydrogen) atoms. The van der Waals surface area contributed by atoms with Crippen LogP contribution in [0.3, 0.4) is 0 Å². The summed E-state index contributed by atoms with van der Waals surface area (Å²) >= 11 is 6.39. The Labute approximate surface area is 199 Å². The second-order valence-corrected chi connectivity index (χ2v) is 8.88. The Morgan fingerprint density at radius 3 is 2.91 bits per heavy atom. The maximum absolute atomic E-state index is 11.6. The zero-order chi connectivity index (χ0) is 23.4. The van der Waals surface area contributed by atoms with Gasteiger partial charge in [0.2, 0.25) is 6.23 Å². The molecule has 0 saturated carbocycles. The van der Waals surface area contributed by atoms with Gasteiger partial charge < -0.3 is 9.47 Å². The third kappa shape index (κ3) is 5.66. The van der Waals surface area contributed by atoms with Crippen LogP contribution in [0.5, 0.6) is 5.75 Å². The average Bonchev–Trinajstić information content (AvgIpc) is 3.42. The van der Waals surface area contributed by atoms with Gasteiger partial charge in [0.25, 0.3) is 0 Å². The molecule has 2 aromatic rings. The van der Waals surface area contributed by atoms with Crippen LogP contribution < -0.4 is 10.2 Å². The number of halogens is 1. The Kier molecular flexibility index (Phi) is 7.53. The predicted molar refractivity (Wildman–Crippen MR) is 127 cm³/mol. The maximum Gasteiger partial charge on any atom is 0.305 e. The van der Waals surface area contributed by atoms with E-state index in [2.05, 4.69) is 22.5 Å². The van der Waals surface area contributed by atoms with Gasteiger partial charge in [-0.05, 0) is 57.0 Å². The number of hydroxylamine groups is 1. The number of carbonyl (C=O) groups excluding carboxylic acids is 1. The summed E-state index contributed by atoms with van der Waals surface area (Å²) in [5.41, 5.74) is 7.40. The van der Waals surface area contributed by atoms with E-state index in [0.717, 1.165) is 37.2 Å². The molecular formula is C25H30ClN3O4. The van der Waals surface area contributed by atoms with Crippen LogP contribution in [-0.2, 0) is 27.5 Å². The first-order chi connectivity index (χ1) is 15.9. The van der Waals surface area contributed by atoms with Gasteiger partial charge in [-0.1, -0.05) is 35.9 Å². The van der Waals surface area contributed by atoms with Crippen LogP contribution in [0.4, 0.5) is 0 Å². The van der Waals surface area contributed by atoms with E-state index in [1.54, 1.807) is 0 Å². The number of ether oxygens (including phenoxy) is 2. The molecule has 1 unspecified atom stereocenters. The molecule has 0 amide bonds. The molecule has 0 saturated heterocycles. The molecule has 0 fully saturated rings. The number of hydrogen-bond acceptors (Lipinski definition) is 7. The zero-order valence-corrected chi connectivity index (χ0v) is 20.0. The van der Waals surface area contributed by atoms with E-state index in [4.69, 9.17) is 30.9 Å². The molecule has 176 valence electrons. The Morgan fingerprint density at radius 2 is 2.15 bits per heavy atom. The number of hydrogen-bond donors (Lipinski definition) is 1. The molecule has 2 aliphatic heterocycles. The monoisotopic (exact) mass is 471 g/mol. The lowest BCUT2D eigenvalue weighted by atomic mass is 10.0. The quantitative estimate of drug-likeness (QED) is 0.531. The van der Waals surface area contributed by atoms with Gasteiger partial charge in [0, 0.05) is 30.6 Å². The van der Waals surface area contributed by atoms with E-state index in [-0.39, 0.29) is 12.1 Å². The Bertz CT molecular complexity index is 1040. The summed E-state index contributed by atoms with van der Waals surface area (Å²) in [5, 5.41) is 0.535. The van der Waals surface area contributed by atoms with Crippen molar-refractivity contribution in [2.75, 3.05) is 13.2 Å². The molecule has 8 heteroatoms. The molecule has 0 aliphatic carbocycles. The van der Waals surface area contributed by atoms with Gasteiger partial charge in [0.05, 0.1) is 17.7 Å². The Morgan fingerprint density at radius 1 is 1.30 bits per heavy atom. The minimum atomic E-state index is -0.483. The van der Waals surface area contributed by atoms with E-state index < -0.39 is 6.23 Å². The van der Waals surface area contributed by atoms with Crippen molar-refractivity contribution in [3.63, 3.8) is 0 Å². The molecule has 0 radical (unpaired) electrons. The van der Waals surface area contributed by atoms with Gasteiger partial charge in [0.15, 0.2) is 5.84 Å². The van der Waals surface area contributed by atoms with Crippen molar-refractivity contribution in [3.8, 4) is 5.75 Å². The molecular weight excluding hydrogens is 442 g/mol. The fraction of sp³-hybridized carbons (Fsp3) is 0.440. The summed E-state index contributed by atoms with van der Waals surface area (Å²) in [4.78, 5) is 24.5. The van der Waals surface area contributed by atoms with Crippen LogP contribution in [0.15, 0.2) is 41.4 Å². The third-order valence-corrected chi connectivity index (χ3v) is 5.88. The first-order valence-electron chi connectivity index (χ1n) is 11.4. The molecule has 2 aliphatic rings. The van der Waals surface area contributed by atoms with Gasteiger partial charge in [-0.3, -0.25) is 9.69 Å².